The van der Waals surface area contributed by atoms with Crippen LogP contribution in [0.2, 0.25) is 5.15 Å². The third-order valence-electron chi connectivity index (χ3n) is 4.97. The lowest BCUT2D eigenvalue weighted by Crippen LogP contribution is -2.12. The minimum atomic E-state index is -0.000814. The molecular formula is C21H19ClN2. The van der Waals surface area contributed by atoms with Crippen LogP contribution >= 0.6 is 11.6 Å². The summed E-state index contributed by atoms with van der Waals surface area (Å²) in [7, 11) is 0. The van der Waals surface area contributed by atoms with Crippen molar-refractivity contribution in [1.82, 2.24) is 9.97 Å². The van der Waals surface area contributed by atoms with Gasteiger partial charge in [0.1, 0.15) is 5.15 Å². The summed E-state index contributed by atoms with van der Waals surface area (Å²) in [5.74, 6) is 0.732. The van der Waals surface area contributed by atoms with Crippen molar-refractivity contribution in [2.24, 2.45) is 0 Å². The van der Waals surface area contributed by atoms with Gasteiger partial charge >= 0.3 is 0 Å². The summed E-state index contributed by atoms with van der Waals surface area (Å²) >= 11 is 6.37. The monoisotopic (exact) mass is 334 g/mol. The molecular weight excluding hydrogens is 316 g/mol. The molecule has 0 amide bonds. The lowest BCUT2D eigenvalue weighted by molar-refractivity contribution is 0.797. The van der Waals surface area contributed by atoms with Crippen molar-refractivity contribution in [3.8, 4) is 11.4 Å². The second-order valence-corrected chi connectivity index (χ2v) is 7.00. The molecule has 0 spiro atoms. The van der Waals surface area contributed by atoms with E-state index < -0.39 is 0 Å². The van der Waals surface area contributed by atoms with Gasteiger partial charge in [0.05, 0.1) is 5.69 Å². The normalized spacial score (nSPS) is 15.3. The Morgan fingerprint density at radius 3 is 2.17 bits per heavy atom. The number of aryl methyl sites for hydroxylation is 2. The SMILES string of the molecule is Cc1cccc(C)c1-c1nc(Cl)cc(C2(c3ccccc3)CC2)n1. The first kappa shape index (κ1) is 15.3. The summed E-state index contributed by atoms with van der Waals surface area (Å²) in [6.45, 7) is 4.19. The Balaban J connectivity index is 1.87. The molecule has 4 rings (SSSR count). The number of hydrogen-bond acceptors (Lipinski definition) is 2. The van der Waals surface area contributed by atoms with Crippen LogP contribution in [0.25, 0.3) is 11.4 Å². The Labute approximate surface area is 147 Å². The highest BCUT2D eigenvalue weighted by Crippen LogP contribution is 2.53. The standard InChI is InChI=1S/C21H19ClN2/c1-14-7-6-8-15(2)19(14)20-23-17(13-18(22)24-20)21(11-12-21)16-9-4-3-5-10-16/h3-10,13H,11-12H2,1-2H3. The molecule has 3 aromatic rings. The van der Waals surface area contributed by atoms with Crippen molar-refractivity contribution >= 4 is 11.6 Å². The molecule has 1 aromatic heterocycles. The highest BCUT2D eigenvalue weighted by atomic mass is 35.5. The van der Waals surface area contributed by atoms with Crippen LogP contribution in [0, 0.1) is 13.8 Å². The van der Waals surface area contributed by atoms with Crippen molar-refractivity contribution in [3.63, 3.8) is 0 Å². The fraction of sp³-hybridized carbons (Fsp3) is 0.238. The molecule has 1 saturated carbocycles. The van der Waals surface area contributed by atoms with Crippen LogP contribution in [0.4, 0.5) is 0 Å². The van der Waals surface area contributed by atoms with Crippen molar-refractivity contribution in [2.45, 2.75) is 32.1 Å². The molecule has 0 atom stereocenters. The van der Waals surface area contributed by atoms with Crippen molar-refractivity contribution < 1.29 is 0 Å². The molecule has 3 heteroatoms. The molecule has 0 radical (unpaired) electrons. The second-order valence-electron chi connectivity index (χ2n) is 6.61. The quantitative estimate of drug-likeness (QED) is 0.591. The van der Waals surface area contributed by atoms with Crippen LogP contribution < -0.4 is 0 Å². The van der Waals surface area contributed by atoms with E-state index in [4.69, 9.17) is 16.6 Å². The Morgan fingerprint density at radius 1 is 0.875 bits per heavy atom. The lowest BCUT2D eigenvalue weighted by atomic mass is 9.92. The summed E-state index contributed by atoms with van der Waals surface area (Å²) in [4.78, 5) is 9.46. The molecule has 1 aliphatic rings. The molecule has 2 nitrogen and oxygen atoms in total. The molecule has 1 fully saturated rings. The summed E-state index contributed by atoms with van der Waals surface area (Å²) in [6.07, 6.45) is 2.22. The third-order valence-corrected chi connectivity index (χ3v) is 5.16. The molecule has 0 bridgehead atoms. The van der Waals surface area contributed by atoms with Crippen LogP contribution in [0.1, 0.15) is 35.2 Å². The first-order valence-electron chi connectivity index (χ1n) is 8.27. The summed E-state index contributed by atoms with van der Waals surface area (Å²) in [6, 6.07) is 18.8. The predicted molar refractivity (Wildman–Crippen MR) is 98.4 cm³/mol. The first-order valence-corrected chi connectivity index (χ1v) is 8.65. The smallest absolute Gasteiger partial charge is 0.161 e. The van der Waals surface area contributed by atoms with Gasteiger partial charge in [0.2, 0.25) is 0 Å². The molecule has 0 saturated heterocycles. The Hall–Kier alpha value is -2.19. The summed E-state index contributed by atoms with van der Waals surface area (Å²) < 4.78 is 0. The number of halogens is 1. The summed E-state index contributed by atoms with van der Waals surface area (Å²) in [5.41, 5.74) is 5.78. The molecule has 0 unspecified atom stereocenters. The zero-order valence-electron chi connectivity index (χ0n) is 13.9. The van der Waals surface area contributed by atoms with E-state index in [1.54, 1.807) is 0 Å². The molecule has 24 heavy (non-hydrogen) atoms. The number of benzene rings is 2. The van der Waals surface area contributed by atoms with Gasteiger partial charge < -0.3 is 0 Å². The average Bonchev–Trinajstić information content (AvgIpc) is 3.37. The zero-order chi connectivity index (χ0) is 16.7. The van der Waals surface area contributed by atoms with Crippen LogP contribution in [-0.2, 0) is 5.41 Å². The van der Waals surface area contributed by atoms with Crippen molar-refractivity contribution in [3.05, 3.63) is 82.1 Å². The zero-order valence-corrected chi connectivity index (χ0v) is 14.6. The van der Waals surface area contributed by atoms with E-state index in [0.717, 1.165) is 29.9 Å². The van der Waals surface area contributed by atoms with Crippen molar-refractivity contribution in [1.29, 1.82) is 0 Å². The highest BCUT2D eigenvalue weighted by molar-refractivity contribution is 6.29. The van der Waals surface area contributed by atoms with Gasteiger partial charge in [-0.05, 0) is 49.4 Å². The van der Waals surface area contributed by atoms with Crippen LogP contribution in [0.3, 0.4) is 0 Å². The maximum Gasteiger partial charge on any atom is 0.161 e. The highest BCUT2D eigenvalue weighted by Gasteiger charge is 2.47. The van der Waals surface area contributed by atoms with Gasteiger partial charge in [-0.15, -0.1) is 0 Å². The maximum absolute atomic E-state index is 6.37. The predicted octanol–water partition coefficient (Wildman–Crippen LogP) is 5.49. The van der Waals surface area contributed by atoms with E-state index in [2.05, 4.69) is 67.4 Å². The minimum Gasteiger partial charge on any atom is -0.232 e. The van der Waals surface area contributed by atoms with Crippen molar-refractivity contribution in [2.75, 3.05) is 0 Å². The van der Waals surface area contributed by atoms with Gasteiger partial charge in [-0.3, -0.25) is 0 Å². The topological polar surface area (TPSA) is 25.8 Å². The molecule has 2 aromatic carbocycles. The van der Waals surface area contributed by atoms with Crippen LogP contribution in [0.15, 0.2) is 54.6 Å². The van der Waals surface area contributed by atoms with Gasteiger partial charge in [-0.2, -0.15) is 0 Å². The number of nitrogens with zero attached hydrogens (tertiary/aromatic N) is 2. The third kappa shape index (κ3) is 2.51. The van der Waals surface area contributed by atoms with E-state index >= 15 is 0 Å². The van der Waals surface area contributed by atoms with E-state index in [1.165, 1.54) is 16.7 Å². The van der Waals surface area contributed by atoms with E-state index in [1.807, 2.05) is 6.07 Å². The number of rotatable bonds is 3. The molecule has 1 heterocycles. The Kier molecular flexibility index (Phi) is 3.65. The number of hydrogen-bond donors (Lipinski definition) is 0. The second kappa shape index (κ2) is 5.71. The van der Waals surface area contributed by atoms with E-state index in [9.17, 15) is 0 Å². The molecule has 0 aliphatic heterocycles. The fourth-order valence-corrected chi connectivity index (χ4v) is 3.70. The fourth-order valence-electron chi connectivity index (χ4n) is 3.52. The largest absolute Gasteiger partial charge is 0.232 e. The van der Waals surface area contributed by atoms with Gasteiger partial charge in [-0.1, -0.05) is 60.1 Å². The number of aromatic nitrogens is 2. The van der Waals surface area contributed by atoms with Gasteiger partial charge in [0, 0.05) is 11.0 Å². The van der Waals surface area contributed by atoms with Gasteiger partial charge in [0.15, 0.2) is 5.82 Å². The van der Waals surface area contributed by atoms with Crippen LogP contribution in [0.5, 0.6) is 0 Å². The van der Waals surface area contributed by atoms with Gasteiger partial charge in [-0.25, -0.2) is 9.97 Å². The minimum absolute atomic E-state index is 0.000814. The lowest BCUT2D eigenvalue weighted by Gasteiger charge is -2.17. The van der Waals surface area contributed by atoms with E-state index in [0.29, 0.717) is 5.15 Å². The molecule has 120 valence electrons. The summed E-state index contributed by atoms with van der Waals surface area (Å²) in [5, 5.41) is 0.514. The maximum atomic E-state index is 6.37. The Morgan fingerprint density at radius 2 is 1.54 bits per heavy atom. The van der Waals surface area contributed by atoms with Gasteiger partial charge in [0.25, 0.3) is 0 Å². The Bertz CT molecular complexity index is 879. The molecule has 0 N–H and O–H groups in total. The molecule has 1 aliphatic carbocycles. The first-order chi connectivity index (χ1) is 11.6. The van der Waals surface area contributed by atoms with Crippen LogP contribution in [-0.4, -0.2) is 9.97 Å². The van der Waals surface area contributed by atoms with E-state index in [-0.39, 0.29) is 5.41 Å². The average molecular weight is 335 g/mol.